The third kappa shape index (κ3) is 4.43. The highest BCUT2D eigenvalue weighted by atomic mass is 19.1. The number of halogens is 1. The van der Waals surface area contributed by atoms with Gasteiger partial charge >= 0.3 is 0 Å². The van der Waals surface area contributed by atoms with Crippen molar-refractivity contribution in [3.8, 4) is 0 Å². The molecule has 1 heterocycles. The second-order valence-corrected chi connectivity index (χ2v) is 5.72. The molecular weight excluding hydrogens is 269 g/mol. The number of hydrogen-bond donors (Lipinski definition) is 2. The Morgan fingerprint density at radius 1 is 1.48 bits per heavy atom. The lowest BCUT2D eigenvalue weighted by molar-refractivity contribution is 0.0949. The van der Waals surface area contributed by atoms with Crippen LogP contribution in [-0.4, -0.2) is 36.5 Å². The molecule has 0 radical (unpaired) electrons. The van der Waals surface area contributed by atoms with Crippen LogP contribution in [-0.2, 0) is 0 Å². The molecule has 1 fully saturated rings. The molecule has 0 bridgehead atoms. The number of nitrogens with zero attached hydrogens (tertiary/aromatic N) is 1. The highest BCUT2D eigenvalue weighted by Gasteiger charge is 2.17. The molecule has 1 aliphatic heterocycles. The van der Waals surface area contributed by atoms with E-state index in [1.165, 1.54) is 37.5 Å². The molecule has 0 aliphatic carbocycles. The Morgan fingerprint density at radius 3 is 3.00 bits per heavy atom. The van der Waals surface area contributed by atoms with Gasteiger partial charge in [0.25, 0.3) is 5.91 Å². The third-order valence-corrected chi connectivity index (χ3v) is 4.11. The normalized spacial score (nSPS) is 19.4. The number of likely N-dealkylation sites (tertiary alicyclic amines) is 1. The number of piperidine rings is 1. The van der Waals surface area contributed by atoms with Crippen LogP contribution in [0.25, 0.3) is 0 Å². The van der Waals surface area contributed by atoms with Crippen molar-refractivity contribution in [2.45, 2.75) is 38.6 Å². The topological polar surface area (TPSA) is 58.4 Å². The molecule has 1 aromatic carbocycles. The number of anilines is 1. The van der Waals surface area contributed by atoms with Crippen molar-refractivity contribution in [1.82, 2.24) is 10.2 Å². The minimum Gasteiger partial charge on any atom is -0.398 e. The lowest BCUT2D eigenvalue weighted by Crippen LogP contribution is -2.39. The van der Waals surface area contributed by atoms with Crippen LogP contribution in [0, 0.1) is 5.82 Å². The number of hydrogen-bond acceptors (Lipinski definition) is 3. The van der Waals surface area contributed by atoms with Crippen LogP contribution in [0.4, 0.5) is 10.1 Å². The van der Waals surface area contributed by atoms with Gasteiger partial charge in [0, 0.05) is 24.8 Å². The summed E-state index contributed by atoms with van der Waals surface area (Å²) in [6, 6.07) is 4.49. The molecule has 3 N–H and O–H groups in total. The first-order chi connectivity index (χ1) is 10.1. The number of rotatable bonds is 5. The summed E-state index contributed by atoms with van der Waals surface area (Å²) in [7, 11) is 0. The maximum atomic E-state index is 12.9. The molecule has 1 aromatic rings. The molecule has 1 amide bonds. The summed E-state index contributed by atoms with van der Waals surface area (Å²) in [5, 5.41) is 2.85. The molecule has 1 aliphatic rings. The van der Waals surface area contributed by atoms with Crippen LogP contribution in [0.2, 0.25) is 0 Å². The average molecular weight is 293 g/mol. The number of carbonyl (C=O) groups excluding carboxylic acids is 1. The predicted molar refractivity (Wildman–Crippen MR) is 82.6 cm³/mol. The quantitative estimate of drug-likeness (QED) is 0.647. The Labute approximate surface area is 125 Å². The number of amides is 1. The molecule has 21 heavy (non-hydrogen) atoms. The maximum absolute atomic E-state index is 12.9. The van der Waals surface area contributed by atoms with E-state index in [-0.39, 0.29) is 11.6 Å². The molecule has 1 saturated heterocycles. The van der Waals surface area contributed by atoms with Crippen LogP contribution >= 0.6 is 0 Å². The van der Waals surface area contributed by atoms with Gasteiger partial charge in [-0.3, -0.25) is 4.79 Å². The first kappa shape index (κ1) is 15.8. The molecule has 0 saturated carbocycles. The fourth-order valence-electron chi connectivity index (χ4n) is 2.81. The molecule has 116 valence electrons. The van der Waals surface area contributed by atoms with E-state index >= 15 is 0 Å². The van der Waals surface area contributed by atoms with E-state index in [0.717, 1.165) is 19.5 Å². The summed E-state index contributed by atoms with van der Waals surface area (Å²) in [6.07, 6.45) is 4.76. The Balaban J connectivity index is 1.74. The summed E-state index contributed by atoms with van der Waals surface area (Å²) in [4.78, 5) is 14.4. The predicted octanol–water partition coefficient (Wildman–Crippen LogP) is 2.40. The van der Waals surface area contributed by atoms with E-state index < -0.39 is 5.82 Å². The van der Waals surface area contributed by atoms with Gasteiger partial charge in [0.15, 0.2) is 0 Å². The maximum Gasteiger partial charge on any atom is 0.253 e. The van der Waals surface area contributed by atoms with Crippen molar-refractivity contribution in [3.05, 3.63) is 29.6 Å². The van der Waals surface area contributed by atoms with Gasteiger partial charge in [-0.05, 0) is 50.9 Å². The fourth-order valence-corrected chi connectivity index (χ4v) is 2.81. The monoisotopic (exact) mass is 293 g/mol. The van der Waals surface area contributed by atoms with Crippen LogP contribution in [0.3, 0.4) is 0 Å². The van der Waals surface area contributed by atoms with E-state index in [2.05, 4.69) is 17.1 Å². The SMILES string of the molecule is CC1CCCCN1CCCNC(=O)c1ccc(F)cc1N. The molecule has 2 rings (SSSR count). The van der Waals surface area contributed by atoms with Gasteiger partial charge in [0.05, 0.1) is 5.56 Å². The minimum absolute atomic E-state index is 0.178. The smallest absolute Gasteiger partial charge is 0.253 e. The number of nitrogen functional groups attached to an aromatic ring is 1. The molecule has 1 unspecified atom stereocenters. The van der Waals surface area contributed by atoms with Gasteiger partial charge < -0.3 is 16.0 Å². The molecule has 4 nitrogen and oxygen atoms in total. The van der Waals surface area contributed by atoms with Gasteiger partial charge in [-0.15, -0.1) is 0 Å². The molecule has 5 heteroatoms. The Morgan fingerprint density at radius 2 is 2.29 bits per heavy atom. The van der Waals surface area contributed by atoms with Gasteiger partial charge in [-0.2, -0.15) is 0 Å². The van der Waals surface area contributed by atoms with Crippen molar-refractivity contribution in [2.24, 2.45) is 0 Å². The number of nitrogens with one attached hydrogen (secondary N) is 1. The molecule has 0 aromatic heterocycles. The van der Waals surface area contributed by atoms with Gasteiger partial charge in [-0.1, -0.05) is 6.42 Å². The van der Waals surface area contributed by atoms with Crippen molar-refractivity contribution in [2.75, 3.05) is 25.4 Å². The lowest BCUT2D eigenvalue weighted by Gasteiger charge is -2.33. The number of nitrogens with two attached hydrogens (primary N) is 1. The van der Waals surface area contributed by atoms with Crippen molar-refractivity contribution in [1.29, 1.82) is 0 Å². The number of benzene rings is 1. The standard InChI is InChI=1S/C16H24FN3O/c1-12-5-2-3-9-20(12)10-4-8-19-16(21)14-7-6-13(17)11-15(14)18/h6-7,11-12H,2-5,8-10,18H2,1H3,(H,19,21). The number of carbonyl (C=O) groups is 1. The summed E-state index contributed by atoms with van der Waals surface area (Å²) in [6.45, 7) is 5.02. The Kier molecular flexibility index (Phi) is 5.56. The zero-order valence-electron chi connectivity index (χ0n) is 12.6. The summed E-state index contributed by atoms with van der Waals surface area (Å²) in [5.41, 5.74) is 6.17. The Bertz CT molecular complexity index is 492. The minimum atomic E-state index is -0.428. The van der Waals surface area contributed by atoms with Gasteiger partial charge in [-0.25, -0.2) is 4.39 Å². The third-order valence-electron chi connectivity index (χ3n) is 4.11. The van der Waals surface area contributed by atoms with Crippen LogP contribution in [0.5, 0.6) is 0 Å². The van der Waals surface area contributed by atoms with E-state index in [4.69, 9.17) is 5.73 Å². The van der Waals surface area contributed by atoms with Crippen molar-refractivity contribution >= 4 is 11.6 Å². The van der Waals surface area contributed by atoms with Crippen LogP contribution in [0.1, 0.15) is 43.0 Å². The fraction of sp³-hybridized carbons (Fsp3) is 0.562. The summed E-state index contributed by atoms with van der Waals surface area (Å²) < 4.78 is 12.9. The molecule has 0 spiro atoms. The first-order valence-electron chi connectivity index (χ1n) is 7.65. The summed E-state index contributed by atoms with van der Waals surface area (Å²) in [5.74, 6) is -0.665. The van der Waals surface area contributed by atoms with E-state index in [9.17, 15) is 9.18 Å². The largest absolute Gasteiger partial charge is 0.398 e. The van der Waals surface area contributed by atoms with Gasteiger partial charge in [0.1, 0.15) is 5.82 Å². The lowest BCUT2D eigenvalue weighted by atomic mass is 10.0. The molecular formula is C16H24FN3O. The van der Waals surface area contributed by atoms with E-state index in [1.54, 1.807) is 0 Å². The van der Waals surface area contributed by atoms with Crippen LogP contribution < -0.4 is 11.1 Å². The molecule has 1 atom stereocenters. The summed E-state index contributed by atoms with van der Waals surface area (Å²) >= 11 is 0. The highest BCUT2D eigenvalue weighted by Crippen LogP contribution is 2.16. The second-order valence-electron chi connectivity index (χ2n) is 5.72. The zero-order valence-corrected chi connectivity index (χ0v) is 12.6. The van der Waals surface area contributed by atoms with E-state index in [0.29, 0.717) is 18.2 Å². The van der Waals surface area contributed by atoms with Crippen molar-refractivity contribution < 1.29 is 9.18 Å². The Hall–Kier alpha value is -1.62. The van der Waals surface area contributed by atoms with E-state index in [1.807, 2.05) is 0 Å². The highest BCUT2D eigenvalue weighted by molar-refractivity contribution is 5.99. The van der Waals surface area contributed by atoms with Crippen LogP contribution in [0.15, 0.2) is 18.2 Å². The first-order valence-corrected chi connectivity index (χ1v) is 7.65. The van der Waals surface area contributed by atoms with Crippen molar-refractivity contribution in [3.63, 3.8) is 0 Å². The zero-order chi connectivity index (χ0) is 15.2. The van der Waals surface area contributed by atoms with Gasteiger partial charge in [0.2, 0.25) is 0 Å². The second kappa shape index (κ2) is 7.41. The average Bonchev–Trinajstić information content (AvgIpc) is 2.45.